The first-order chi connectivity index (χ1) is 8.59. The minimum Gasteiger partial charge on any atom is -0.410 e. The first-order valence-electron chi connectivity index (χ1n) is 5.88. The molecule has 0 spiro atoms. The van der Waals surface area contributed by atoms with Crippen molar-refractivity contribution in [2.24, 2.45) is 5.92 Å². The highest BCUT2D eigenvalue weighted by Crippen LogP contribution is 2.07. The van der Waals surface area contributed by atoms with E-state index in [9.17, 15) is 9.59 Å². The van der Waals surface area contributed by atoms with Crippen molar-refractivity contribution in [3.8, 4) is 5.75 Å². The zero-order valence-electron chi connectivity index (χ0n) is 10.6. The summed E-state index contributed by atoms with van der Waals surface area (Å²) < 4.78 is 5.01. The van der Waals surface area contributed by atoms with Crippen LogP contribution in [0.5, 0.6) is 5.75 Å². The number of benzene rings is 1. The number of para-hydroxylation sites is 1. The zero-order valence-corrected chi connectivity index (χ0v) is 10.6. The summed E-state index contributed by atoms with van der Waals surface area (Å²) >= 11 is 0. The molecular formula is C13H18N2O3. The lowest BCUT2D eigenvalue weighted by Crippen LogP contribution is -2.37. The molecule has 98 valence electrons. The van der Waals surface area contributed by atoms with Gasteiger partial charge >= 0.3 is 6.09 Å². The maximum atomic E-state index is 11.3. The van der Waals surface area contributed by atoms with Gasteiger partial charge in [0.15, 0.2) is 0 Å². The zero-order chi connectivity index (χ0) is 13.4. The van der Waals surface area contributed by atoms with Crippen molar-refractivity contribution >= 4 is 12.0 Å². The molecule has 0 aromatic heterocycles. The number of rotatable bonds is 5. The molecule has 5 heteroatoms. The van der Waals surface area contributed by atoms with E-state index >= 15 is 0 Å². The number of amides is 2. The van der Waals surface area contributed by atoms with Gasteiger partial charge in [-0.1, -0.05) is 32.0 Å². The molecule has 18 heavy (non-hydrogen) atoms. The molecule has 0 saturated carbocycles. The number of ether oxygens (including phenoxy) is 1. The van der Waals surface area contributed by atoms with Crippen LogP contribution in [0.15, 0.2) is 30.3 Å². The van der Waals surface area contributed by atoms with Gasteiger partial charge in [0.05, 0.1) is 0 Å². The molecule has 1 rings (SSSR count). The third kappa shape index (κ3) is 5.34. The highest BCUT2D eigenvalue weighted by molar-refractivity contribution is 5.77. The summed E-state index contributed by atoms with van der Waals surface area (Å²) in [6.07, 6.45) is -0.528. The predicted octanol–water partition coefficient (Wildman–Crippen LogP) is 1.55. The third-order valence-corrected chi connectivity index (χ3v) is 2.17. The molecule has 0 aliphatic heterocycles. The summed E-state index contributed by atoms with van der Waals surface area (Å²) in [5, 5.41) is 5.24. The molecule has 0 aliphatic carbocycles. The van der Waals surface area contributed by atoms with Crippen molar-refractivity contribution in [3.63, 3.8) is 0 Å². The Kier molecular flexibility index (Phi) is 5.70. The van der Waals surface area contributed by atoms with Gasteiger partial charge in [-0.25, -0.2) is 4.79 Å². The van der Waals surface area contributed by atoms with E-state index in [0.717, 1.165) is 0 Å². The van der Waals surface area contributed by atoms with Crippen molar-refractivity contribution in [1.29, 1.82) is 0 Å². The number of carbonyl (C=O) groups excluding carboxylic acids is 2. The Morgan fingerprint density at radius 2 is 1.72 bits per heavy atom. The molecule has 0 saturated heterocycles. The number of hydrogen-bond donors (Lipinski definition) is 2. The van der Waals surface area contributed by atoms with Crippen LogP contribution in [0.2, 0.25) is 0 Å². The van der Waals surface area contributed by atoms with Gasteiger partial charge in [0.2, 0.25) is 5.91 Å². The second-order valence-corrected chi connectivity index (χ2v) is 4.08. The van der Waals surface area contributed by atoms with E-state index in [4.69, 9.17) is 4.74 Å². The standard InChI is InChI=1S/C13H18N2O3/c1-10(2)12(16)14-8-9-15-13(17)18-11-6-4-3-5-7-11/h3-7,10H,8-9H2,1-2H3,(H,14,16)(H,15,17). The average Bonchev–Trinajstić information content (AvgIpc) is 2.35. The molecule has 0 aliphatic rings. The minimum absolute atomic E-state index is 0.0340. The second-order valence-electron chi connectivity index (χ2n) is 4.08. The van der Waals surface area contributed by atoms with Crippen LogP contribution in [-0.2, 0) is 4.79 Å². The van der Waals surface area contributed by atoms with Crippen LogP contribution in [0.25, 0.3) is 0 Å². The third-order valence-electron chi connectivity index (χ3n) is 2.17. The van der Waals surface area contributed by atoms with Crippen molar-refractivity contribution in [2.45, 2.75) is 13.8 Å². The Hall–Kier alpha value is -2.04. The van der Waals surface area contributed by atoms with Gasteiger partial charge in [-0.2, -0.15) is 0 Å². The summed E-state index contributed by atoms with van der Waals surface area (Å²) in [6, 6.07) is 8.80. The van der Waals surface area contributed by atoms with Gasteiger partial charge in [0, 0.05) is 19.0 Å². The van der Waals surface area contributed by atoms with Crippen LogP contribution in [0.4, 0.5) is 4.79 Å². The van der Waals surface area contributed by atoms with E-state index in [2.05, 4.69) is 10.6 Å². The number of hydrogen-bond acceptors (Lipinski definition) is 3. The summed E-state index contributed by atoms with van der Waals surface area (Å²) in [5.41, 5.74) is 0. The highest BCUT2D eigenvalue weighted by atomic mass is 16.6. The summed E-state index contributed by atoms with van der Waals surface area (Å²) in [5.74, 6) is 0.399. The van der Waals surface area contributed by atoms with E-state index in [-0.39, 0.29) is 11.8 Å². The van der Waals surface area contributed by atoms with Gasteiger partial charge in [-0.3, -0.25) is 4.79 Å². The van der Waals surface area contributed by atoms with Gasteiger partial charge in [0.1, 0.15) is 5.75 Å². The fourth-order valence-corrected chi connectivity index (χ4v) is 1.19. The Morgan fingerprint density at radius 3 is 2.33 bits per heavy atom. The Labute approximate surface area is 107 Å². The van der Waals surface area contributed by atoms with E-state index in [0.29, 0.717) is 18.8 Å². The van der Waals surface area contributed by atoms with Crippen molar-refractivity contribution in [2.75, 3.05) is 13.1 Å². The molecular weight excluding hydrogens is 232 g/mol. The topological polar surface area (TPSA) is 67.4 Å². The molecule has 2 amide bonds. The maximum Gasteiger partial charge on any atom is 0.412 e. The predicted molar refractivity (Wildman–Crippen MR) is 68.3 cm³/mol. The molecule has 0 heterocycles. The molecule has 0 unspecified atom stereocenters. The maximum absolute atomic E-state index is 11.3. The van der Waals surface area contributed by atoms with Gasteiger partial charge in [-0.15, -0.1) is 0 Å². The van der Waals surface area contributed by atoms with Gasteiger partial charge in [0.25, 0.3) is 0 Å². The Bertz CT molecular complexity index is 390. The summed E-state index contributed by atoms with van der Waals surface area (Å²) in [6.45, 7) is 4.35. The molecule has 0 radical (unpaired) electrons. The van der Waals surface area contributed by atoms with Crippen LogP contribution in [-0.4, -0.2) is 25.1 Å². The first-order valence-corrected chi connectivity index (χ1v) is 5.88. The molecule has 1 aromatic rings. The van der Waals surface area contributed by atoms with Crippen molar-refractivity contribution in [1.82, 2.24) is 10.6 Å². The molecule has 5 nitrogen and oxygen atoms in total. The van der Waals surface area contributed by atoms with Gasteiger partial charge < -0.3 is 15.4 Å². The van der Waals surface area contributed by atoms with Crippen molar-refractivity contribution in [3.05, 3.63) is 30.3 Å². The number of carbonyl (C=O) groups is 2. The lowest BCUT2D eigenvalue weighted by molar-refractivity contribution is -0.123. The SMILES string of the molecule is CC(C)C(=O)NCCNC(=O)Oc1ccccc1. The lowest BCUT2D eigenvalue weighted by Gasteiger charge is -2.09. The normalized spacial score (nSPS) is 9.94. The smallest absolute Gasteiger partial charge is 0.410 e. The molecule has 1 aromatic carbocycles. The van der Waals surface area contributed by atoms with E-state index < -0.39 is 6.09 Å². The average molecular weight is 250 g/mol. The van der Waals surface area contributed by atoms with Crippen LogP contribution >= 0.6 is 0 Å². The minimum atomic E-state index is -0.528. The van der Waals surface area contributed by atoms with E-state index in [1.807, 2.05) is 19.9 Å². The molecule has 0 atom stereocenters. The quantitative estimate of drug-likeness (QED) is 0.779. The molecule has 0 fully saturated rings. The van der Waals surface area contributed by atoms with Crippen LogP contribution in [0.3, 0.4) is 0 Å². The largest absolute Gasteiger partial charge is 0.412 e. The van der Waals surface area contributed by atoms with Crippen LogP contribution in [0.1, 0.15) is 13.8 Å². The Morgan fingerprint density at radius 1 is 1.11 bits per heavy atom. The van der Waals surface area contributed by atoms with Crippen LogP contribution < -0.4 is 15.4 Å². The van der Waals surface area contributed by atoms with Gasteiger partial charge in [-0.05, 0) is 12.1 Å². The molecule has 2 N–H and O–H groups in total. The first kappa shape index (κ1) is 14.0. The highest BCUT2D eigenvalue weighted by Gasteiger charge is 2.06. The van der Waals surface area contributed by atoms with Crippen LogP contribution in [0, 0.1) is 5.92 Å². The Balaban J connectivity index is 2.16. The monoisotopic (exact) mass is 250 g/mol. The van der Waals surface area contributed by atoms with Crippen molar-refractivity contribution < 1.29 is 14.3 Å². The van der Waals surface area contributed by atoms with E-state index in [1.54, 1.807) is 24.3 Å². The number of nitrogens with one attached hydrogen (secondary N) is 2. The lowest BCUT2D eigenvalue weighted by atomic mass is 10.2. The summed E-state index contributed by atoms with van der Waals surface area (Å²) in [7, 11) is 0. The fraction of sp³-hybridized carbons (Fsp3) is 0.385. The molecule has 0 bridgehead atoms. The second kappa shape index (κ2) is 7.32. The summed E-state index contributed by atoms with van der Waals surface area (Å²) in [4.78, 5) is 22.6. The van der Waals surface area contributed by atoms with E-state index in [1.165, 1.54) is 0 Å². The fourth-order valence-electron chi connectivity index (χ4n) is 1.19.